The summed E-state index contributed by atoms with van der Waals surface area (Å²) in [6.45, 7) is 12.5. The van der Waals surface area contributed by atoms with Gasteiger partial charge in [0.2, 0.25) is 0 Å². The van der Waals surface area contributed by atoms with Crippen LogP contribution in [0.25, 0.3) is 0 Å². The SMILES string of the molecule is CCC1CCCC(CN)(N(C)C(C)C(C)(C)C)C1. The lowest BCUT2D eigenvalue weighted by Crippen LogP contribution is -2.59. The van der Waals surface area contributed by atoms with E-state index in [-0.39, 0.29) is 5.54 Å². The maximum Gasteiger partial charge on any atom is 0.0334 e. The van der Waals surface area contributed by atoms with E-state index in [9.17, 15) is 0 Å². The standard InChI is InChI=1S/C16H34N2/c1-7-14-9-8-10-16(11-14,12-17)18(6)13(2)15(3,4)5/h13-14H,7-12,17H2,1-6H3. The molecule has 1 aliphatic carbocycles. The number of hydrogen-bond acceptors (Lipinski definition) is 2. The lowest BCUT2D eigenvalue weighted by atomic mass is 9.72. The second-order valence-electron chi connectivity index (χ2n) is 7.45. The van der Waals surface area contributed by atoms with Crippen LogP contribution in [0.1, 0.15) is 66.7 Å². The van der Waals surface area contributed by atoms with Gasteiger partial charge in [0.05, 0.1) is 0 Å². The summed E-state index contributed by atoms with van der Waals surface area (Å²) in [4.78, 5) is 2.59. The van der Waals surface area contributed by atoms with E-state index in [1.807, 2.05) is 0 Å². The minimum atomic E-state index is 0.242. The zero-order valence-electron chi connectivity index (χ0n) is 13.4. The average Bonchev–Trinajstić information content (AvgIpc) is 2.35. The Morgan fingerprint density at radius 3 is 2.44 bits per heavy atom. The van der Waals surface area contributed by atoms with Gasteiger partial charge in [0.15, 0.2) is 0 Å². The van der Waals surface area contributed by atoms with Gasteiger partial charge in [-0.1, -0.05) is 47.0 Å². The second kappa shape index (κ2) is 5.92. The highest BCUT2D eigenvalue weighted by molar-refractivity contribution is 4.98. The Bertz CT molecular complexity index is 256. The van der Waals surface area contributed by atoms with Crippen molar-refractivity contribution in [3.05, 3.63) is 0 Å². The van der Waals surface area contributed by atoms with Gasteiger partial charge in [0.1, 0.15) is 0 Å². The number of nitrogens with zero attached hydrogens (tertiary/aromatic N) is 1. The van der Waals surface area contributed by atoms with Gasteiger partial charge in [-0.3, -0.25) is 4.90 Å². The minimum absolute atomic E-state index is 0.242. The van der Waals surface area contributed by atoms with Gasteiger partial charge in [-0.05, 0) is 38.1 Å². The fourth-order valence-corrected chi connectivity index (χ4v) is 3.45. The lowest BCUT2D eigenvalue weighted by Gasteiger charge is -2.51. The van der Waals surface area contributed by atoms with E-state index in [4.69, 9.17) is 5.73 Å². The van der Waals surface area contributed by atoms with Crippen molar-refractivity contribution in [3.63, 3.8) is 0 Å². The molecule has 3 unspecified atom stereocenters. The van der Waals surface area contributed by atoms with E-state index in [2.05, 4.69) is 46.6 Å². The van der Waals surface area contributed by atoms with Gasteiger partial charge in [-0.15, -0.1) is 0 Å². The van der Waals surface area contributed by atoms with Crippen LogP contribution in [0.3, 0.4) is 0 Å². The fraction of sp³-hybridized carbons (Fsp3) is 1.00. The maximum atomic E-state index is 6.20. The number of likely N-dealkylation sites (N-methyl/N-ethyl adjacent to an activating group) is 1. The first-order valence-corrected chi connectivity index (χ1v) is 7.70. The van der Waals surface area contributed by atoms with Crippen molar-refractivity contribution in [3.8, 4) is 0 Å². The Morgan fingerprint density at radius 2 is 2.00 bits per heavy atom. The van der Waals surface area contributed by atoms with E-state index in [1.165, 1.54) is 32.1 Å². The molecule has 1 rings (SSSR count). The zero-order chi connectivity index (χ0) is 14.0. The van der Waals surface area contributed by atoms with Crippen LogP contribution in [0.2, 0.25) is 0 Å². The van der Waals surface area contributed by atoms with Crippen molar-refractivity contribution in [2.75, 3.05) is 13.6 Å². The van der Waals surface area contributed by atoms with Gasteiger partial charge >= 0.3 is 0 Å². The van der Waals surface area contributed by atoms with Crippen molar-refractivity contribution in [2.45, 2.75) is 78.3 Å². The molecule has 2 heteroatoms. The zero-order valence-corrected chi connectivity index (χ0v) is 13.4. The first-order valence-electron chi connectivity index (χ1n) is 7.70. The normalized spacial score (nSPS) is 31.7. The molecule has 1 fully saturated rings. The predicted octanol–water partition coefficient (Wildman–Crippen LogP) is 3.65. The monoisotopic (exact) mass is 254 g/mol. The van der Waals surface area contributed by atoms with Gasteiger partial charge < -0.3 is 5.73 Å². The molecule has 0 aromatic carbocycles. The van der Waals surface area contributed by atoms with Gasteiger partial charge in [0, 0.05) is 18.1 Å². The third-order valence-electron chi connectivity index (χ3n) is 5.46. The molecule has 3 atom stereocenters. The topological polar surface area (TPSA) is 29.3 Å². The van der Waals surface area contributed by atoms with Crippen LogP contribution in [0, 0.1) is 11.3 Å². The highest BCUT2D eigenvalue weighted by atomic mass is 15.2. The molecular formula is C16H34N2. The van der Waals surface area contributed by atoms with Crippen LogP contribution >= 0.6 is 0 Å². The van der Waals surface area contributed by atoms with E-state index >= 15 is 0 Å². The molecule has 18 heavy (non-hydrogen) atoms. The van der Waals surface area contributed by atoms with Gasteiger partial charge in [-0.25, -0.2) is 0 Å². The Hall–Kier alpha value is -0.0800. The highest BCUT2D eigenvalue weighted by Crippen LogP contribution is 2.40. The van der Waals surface area contributed by atoms with Crippen LogP contribution in [0.5, 0.6) is 0 Å². The Kier molecular flexibility index (Phi) is 5.25. The smallest absolute Gasteiger partial charge is 0.0334 e. The summed E-state index contributed by atoms with van der Waals surface area (Å²) in [5, 5.41) is 0. The van der Waals surface area contributed by atoms with Crippen LogP contribution in [-0.4, -0.2) is 30.1 Å². The molecule has 0 bridgehead atoms. The van der Waals surface area contributed by atoms with Crippen molar-refractivity contribution in [1.82, 2.24) is 4.90 Å². The first-order chi connectivity index (χ1) is 8.27. The predicted molar refractivity (Wildman–Crippen MR) is 80.7 cm³/mol. The summed E-state index contributed by atoms with van der Waals surface area (Å²) in [6.07, 6.45) is 6.61. The molecule has 0 spiro atoms. The summed E-state index contributed by atoms with van der Waals surface area (Å²) in [7, 11) is 2.29. The molecule has 1 aliphatic rings. The minimum Gasteiger partial charge on any atom is -0.329 e. The molecule has 0 aromatic rings. The van der Waals surface area contributed by atoms with Crippen LogP contribution in [0.15, 0.2) is 0 Å². The van der Waals surface area contributed by atoms with Crippen molar-refractivity contribution >= 4 is 0 Å². The molecule has 0 aromatic heterocycles. The van der Waals surface area contributed by atoms with Gasteiger partial charge in [0.25, 0.3) is 0 Å². The first kappa shape index (κ1) is 16.0. The lowest BCUT2D eigenvalue weighted by molar-refractivity contribution is -0.00700. The fourth-order valence-electron chi connectivity index (χ4n) is 3.45. The van der Waals surface area contributed by atoms with Crippen LogP contribution < -0.4 is 5.73 Å². The quantitative estimate of drug-likeness (QED) is 0.830. The molecule has 0 aliphatic heterocycles. The van der Waals surface area contributed by atoms with E-state index < -0.39 is 0 Å². The average molecular weight is 254 g/mol. The van der Waals surface area contributed by atoms with Crippen LogP contribution in [-0.2, 0) is 0 Å². The molecule has 0 heterocycles. The summed E-state index contributed by atoms with van der Waals surface area (Å²) < 4.78 is 0. The van der Waals surface area contributed by atoms with Gasteiger partial charge in [-0.2, -0.15) is 0 Å². The second-order valence-corrected chi connectivity index (χ2v) is 7.45. The third kappa shape index (κ3) is 3.27. The highest BCUT2D eigenvalue weighted by Gasteiger charge is 2.42. The Labute approximate surface area is 114 Å². The third-order valence-corrected chi connectivity index (χ3v) is 5.46. The van der Waals surface area contributed by atoms with Crippen LogP contribution in [0.4, 0.5) is 0 Å². The number of rotatable bonds is 4. The largest absolute Gasteiger partial charge is 0.329 e. The molecule has 0 saturated heterocycles. The molecule has 0 amide bonds. The molecule has 2 N–H and O–H groups in total. The maximum absolute atomic E-state index is 6.20. The molecule has 0 radical (unpaired) electrons. The molecule has 1 saturated carbocycles. The molecule has 2 nitrogen and oxygen atoms in total. The number of hydrogen-bond donors (Lipinski definition) is 1. The van der Waals surface area contributed by atoms with Crippen molar-refractivity contribution < 1.29 is 0 Å². The van der Waals surface area contributed by atoms with E-state index in [0.717, 1.165) is 12.5 Å². The summed E-state index contributed by atoms with van der Waals surface area (Å²) >= 11 is 0. The van der Waals surface area contributed by atoms with E-state index in [1.54, 1.807) is 0 Å². The number of nitrogens with two attached hydrogens (primary N) is 1. The van der Waals surface area contributed by atoms with Crippen molar-refractivity contribution in [2.24, 2.45) is 17.1 Å². The summed E-state index contributed by atoms with van der Waals surface area (Å²) in [5.41, 5.74) is 6.75. The summed E-state index contributed by atoms with van der Waals surface area (Å²) in [5.74, 6) is 0.872. The molecule has 108 valence electrons. The van der Waals surface area contributed by atoms with Crippen molar-refractivity contribution in [1.29, 1.82) is 0 Å². The Balaban J connectivity index is 2.86. The summed E-state index contributed by atoms with van der Waals surface area (Å²) in [6, 6.07) is 0.566. The molecular weight excluding hydrogens is 220 g/mol. The Morgan fingerprint density at radius 1 is 1.39 bits per heavy atom. The van der Waals surface area contributed by atoms with E-state index in [0.29, 0.717) is 11.5 Å².